The molecule has 2 rings (SSSR count). The summed E-state index contributed by atoms with van der Waals surface area (Å²) in [4.78, 5) is 11.7. The molecule has 2 aromatic rings. The Labute approximate surface area is 130 Å². The Hall–Kier alpha value is -2.69. The van der Waals surface area contributed by atoms with Gasteiger partial charge in [-0.25, -0.2) is 10.2 Å². The maximum absolute atomic E-state index is 11.7. The maximum atomic E-state index is 11.7. The lowest BCUT2D eigenvalue weighted by Gasteiger charge is -2.10. The highest BCUT2D eigenvalue weighted by Gasteiger charge is 2.03. The van der Waals surface area contributed by atoms with Gasteiger partial charge in [0, 0.05) is 0 Å². The first-order valence-corrected chi connectivity index (χ1v) is 7.09. The number of nitrogens with one attached hydrogen (secondary N) is 2. The zero-order valence-electron chi connectivity index (χ0n) is 13.3. The molecule has 0 unspecified atom stereocenters. The highest BCUT2D eigenvalue weighted by atomic mass is 16.2. The lowest BCUT2D eigenvalue weighted by Crippen LogP contribution is -2.26. The van der Waals surface area contributed by atoms with Gasteiger partial charge < -0.3 is 0 Å². The number of carbonyl (C=O) groups is 1. The fraction of sp³-hybridized carbons (Fsp3) is 0.235. The maximum Gasteiger partial charge on any atom is 0.378 e. The number of hydrazine groups is 1. The van der Waals surface area contributed by atoms with Crippen LogP contribution in [0.25, 0.3) is 0 Å². The average Bonchev–Trinajstić information content (AvgIpc) is 2.50. The Morgan fingerprint density at radius 1 is 0.909 bits per heavy atom. The molecule has 2 N–H and O–H groups in total. The molecule has 0 atom stereocenters. The van der Waals surface area contributed by atoms with Crippen LogP contribution in [0.15, 0.2) is 46.6 Å². The fourth-order valence-electron chi connectivity index (χ4n) is 1.98. The number of carbonyl (C=O) groups excluding carboxylic acids is 1. The zero-order chi connectivity index (χ0) is 16.1. The van der Waals surface area contributed by atoms with Gasteiger partial charge in [0.15, 0.2) is 0 Å². The van der Waals surface area contributed by atoms with Crippen LogP contribution in [0.4, 0.5) is 16.2 Å². The Bertz CT molecular complexity index is 723. The molecule has 114 valence electrons. The van der Waals surface area contributed by atoms with Gasteiger partial charge in [-0.05, 0) is 62.1 Å². The Kier molecular flexibility index (Phi) is 4.88. The number of hydrogen-bond acceptors (Lipinski definition) is 3. The van der Waals surface area contributed by atoms with Crippen LogP contribution in [0, 0.1) is 27.7 Å². The van der Waals surface area contributed by atoms with Crippen molar-refractivity contribution in [3.05, 3.63) is 58.7 Å². The molecule has 0 aromatic heterocycles. The van der Waals surface area contributed by atoms with Gasteiger partial charge in [0.1, 0.15) is 0 Å². The predicted molar refractivity (Wildman–Crippen MR) is 88.5 cm³/mol. The molecule has 22 heavy (non-hydrogen) atoms. The molecule has 0 fully saturated rings. The van der Waals surface area contributed by atoms with E-state index in [0.29, 0.717) is 5.69 Å². The molecule has 2 aromatic carbocycles. The topological polar surface area (TPSA) is 65.8 Å². The summed E-state index contributed by atoms with van der Waals surface area (Å²) in [7, 11) is 0. The van der Waals surface area contributed by atoms with E-state index in [1.807, 2.05) is 64.1 Å². The number of amides is 2. The van der Waals surface area contributed by atoms with Crippen molar-refractivity contribution in [3.8, 4) is 0 Å². The van der Waals surface area contributed by atoms with Crippen LogP contribution in [-0.2, 0) is 0 Å². The number of urea groups is 1. The molecule has 0 heterocycles. The standard InChI is InChI=1S/C17H20N4O/c1-11-7-5-9-15(13(11)3)18-20-17(22)21-19-16-10-6-8-12(2)14(16)4/h5-10,18H,1-4H3,(H,20,22). The summed E-state index contributed by atoms with van der Waals surface area (Å²) in [6, 6.07) is 11.0. The number of azo groups is 1. The minimum absolute atomic E-state index is 0.540. The van der Waals surface area contributed by atoms with E-state index in [0.717, 1.165) is 27.9 Å². The lowest BCUT2D eigenvalue weighted by molar-refractivity contribution is 0.249. The molecular formula is C17H20N4O. The molecule has 0 spiro atoms. The van der Waals surface area contributed by atoms with Crippen molar-refractivity contribution in [2.75, 3.05) is 5.43 Å². The fourth-order valence-corrected chi connectivity index (χ4v) is 1.98. The van der Waals surface area contributed by atoms with Crippen molar-refractivity contribution in [2.24, 2.45) is 10.2 Å². The molecular weight excluding hydrogens is 276 g/mol. The second-order valence-electron chi connectivity index (χ2n) is 5.22. The third-order valence-corrected chi connectivity index (χ3v) is 3.73. The third kappa shape index (κ3) is 3.69. The summed E-state index contributed by atoms with van der Waals surface area (Å²) < 4.78 is 0. The molecule has 0 aliphatic heterocycles. The molecule has 2 amide bonds. The number of nitrogens with zero attached hydrogens (tertiary/aromatic N) is 2. The van der Waals surface area contributed by atoms with Crippen LogP contribution in [0.5, 0.6) is 0 Å². The number of hydrogen-bond donors (Lipinski definition) is 2. The molecule has 0 aliphatic rings. The van der Waals surface area contributed by atoms with Crippen molar-refractivity contribution < 1.29 is 4.79 Å². The first kappa shape index (κ1) is 15.7. The van der Waals surface area contributed by atoms with Gasteiger partial charge in [0.2, 0.25) is 0 Å². The van der Waals surface area contributed by atoms with E-state index in [1.54, 1.807) is 0 Å². The van der Waals surface area contributed by atoms with Crippen molar-refractivity contribution in [2.45, 2.75) is 27.7 Å². The molecule has 0 saturated heterocycles. The van der Waals surface area contributed by atoms with E-state index < -0.39 is 6.03 Å². The van der Waals surface area contributed by atoms with E-state index >= 15 is 0 Å². The highest BCUT2D eigenvalue weighted by Crippen LogP contribution is 2.21. The number of rotatable bonds is 3. The van der Waals surface area contributed by atoms with Crippen LogP contribution < -0.4 is 10.9 Å². The minimum atomic E-state index is -0.540. The second kappa shape index (κ2) is 6.85. The van der Waals surface area contributed by atoms with Crippen molar-refractivity contribution in [1.82, 2.24) is 5.43 Å². The molecule has 0 saturated carbocycles. The van der Waals surface area contributed by atoms with Crippen LogP contribution in [0.2, 0.25) is 0 Å². The normalized spacial score (nSPS) is 10.7. The van der Waals surface area contributed by atoms with Gasteiger partial charge in [0.05, 0.1) is 11.4 Å². The van der Waals surface area contributed by atoms with E-state index in [1.165, 1.54) is 0 Å². The Morgan fingerprint density at radius 3 is 2.27 bits per heavy atom. The minimum Gasteiger partial charge on any atom is -0.297 e. The van der Waals surface area contributed by atoms with Crippen LogP contribution in [0.3, 0.4) is 0 Å². The molecule has 5 nitrogen and oxygen atoms in total. The van der Waals surface area contributed by atoms with Gasteiger partial charge in [-0.15, -0.1) is 5.11 Å². The lowest BCUT2D eigenvalue weighted by atomic mass is 10.1. The van der Waals surface area contributed by atoms with Gasteiger partial charge in [-0.1, -0.05) is 29.4 Å². The van der Waals surface area contributed by atoms with Crippen molar-refractivity contribution in [1.29, 1.82) is 0 Å². The third-order valence-electron chi connectivity index (χ3n) is 3.73. The van der Waals surface area contributed by atoms with Crippen LogP contribution in [-0.4, -0.2) is 6.03 Å². The highest BCUT2D eigenvalue weighted by molar-refractivity contribution is 5.76. The van der Waals surface area contributed by atoms with E-state index in [2.05, 4.69) is 21.1 Å². The molecule has 0 bridgehead atoms. The SMILES string of the molecule is Cc1cccc(N=NC(=O)NNc2cccc(C)c2C)c1C. The summed E-state index contributed by atoms with van der Waals surface area (Å²) in [5.41, 5.74) is 11.3. The summed E-state index contributed by atoms with van der Waals surface area (Å²) in [5, 5.41) is 7.67. The molecule has 5 heteroatoms. The van der Waals surface area contributed by atoms with Crippen LogP contribution >= 0.6 is 0 Å². The van der Waals surface area contributed by atoms with E-state index in [4.69, 9.17) is 0 Å². The summed E-state index contributed by atoms with van der Waals surface area (Å²) in [6.07, 6.45) is 0. The largest absolute Gasteiger partial charge is 0.378 e. The first-order chi connectivity index (χ1) is 10.5. The van der Waals surface area contributed by atoms with Gasteiger partial charge in [-0.3, -0.25) is 5.43 Å². The number of aryl methyl sites for hydroxylation is 2. The predicted octanol–water partition coefficient (Wildman–Crippen LogP) is 4.74. The number of anilines is 1. The summed E-state index contributed by atoms with van der Waals surface area (Å²) >= 11 is 0. The smallest absolute Gasteiger partial charge is 0.297 e. The Morgan fingerprint density at radius 2 is 1.55 bits per heavy atom. The second-order valence-corrected chi connectivity index (χ2v) is 5.22. The van der Waals surface area contributed by atoms with Gasteiger partial charge >= 0.3 is 6.03 Å². The van der Waals surface area contributed by atoms with E-state index in [9.17, 15) is 4.79 Å². The first-order valence-electron chi connectivity index (χ1n) is 7.09. The molecule has 0 radical (unpaired) electrons. The molecule has 0 aliphatic carbocycles. The van der Waals surface area contributed by atoms with Gasteiger partial charge in [-0.2, -0.15) is 0 Å². The van der Waals surface area contributed by atoms with Crippen molar-refractivity contribution in [3.63, 3.8) is 0 Å². The average molecular weight is 296 g/mol. The summed E-state index contributed by atoms with van der Waals surface area (Å²) in [5.74, 6) is 0. The monoisotopic (exact) mass is 296 g/mol. The van der Waals surface area contributed by atoms with Gasteiger partial charge in [0.25, 0.3) is 0 Å². The Balaban J connectivity index is 2.00. The quantitative estimate of drug-likeness (QED) is 0.634. The van der Waals surface area contributed by atoms with Crippen molar-refractivity contribution >= 4 is 17.4 Å². The summed E-state index contributed by atoms with van der Waals surface area (Å²) in [6.45, 7) is 7.95. The van der Waals surface area contributed by atoms with Crippen LogP contribution in [0.1, 0.15) is 22.3 Å². The number of benzene rings is 2. The van der Waals surface area contributed by atoms with E-state index in [-0.39, 0.29) is 0 Å². The zero-order valence-corrected chi connectivity index (χ0v) is 13.3.